The van der Waals surface area contributed by atoms with Crippen LogP contribution in [0.25, 0.3) is 10.8 Å². The van der Waals surface area contributed by atoms with E-state index in [-0.39, 0.29) is 11.1 Å². The predicted molar refractivity (Wildman–Crippen MR) is 88.7 cm³/mol. The standard InChI is InChI=1S/C12H4Br4O4/c13-7-3-1-5(11(17)18)6(12(19)20)2-4(3)8(14)10(16)9(7)15/h1-2H,(H,17,18)(H,19,20). The van der Waals surface area contributed by atoms with Gasteiger partial charge in [-0.05, 0) is 86.6 Å². The van der Waals surface area contributed by atoms with Gasteiger partial charge in [-0.3, -0.25) is 0 Å². The Balaban J connectivity index is 3.03. The summed E-state index contributed by atoms with van der Waals surface area (Å²) in [4.78, 5) is 22.4. The van der Waals surface area contributed by atoms with Crippen molar-refractivity contribution in [3.63, 3.8) is 0 Å². The number of carboxylic acids is 2. The Morgan fingerprint density at radius 2 is 1.00 bits per heavy atom. The van der Waals surface area contributed by atoms with Crippen molar-refractivity contribution >= 4 is 86.4 Å². The van der Waals surface area contributed by atoms with Gasteiger partial charge in [0, 0.05) is 17.9 Å². The minimum absolute atomic E-state index is 0.258. The highest BCUT2D eigenvalue weighted by molar-refractivity contribution is 9.15. The molecule has 8 heteroatoms. The largest absolute Gasteiger partial charge is 0.478 e. The van der Waals surface area contributed by atoms with Crippen molar-refractivity contribution < 1.29 is 19.8 Å². The monoisotopic (exact) mass is 528 g/mol. The summed E-state index contributed by atoms with van der Waals surface area (Å²) in [6.45, 7) is 0. The van der Waals surface area contributed by atoms with Crippen LogP contribution in [0.15, 0.2) is 30.0 Å². The van der Waals surface area contributed by atoms with Crippen molar-refractivity contribution in [3.05, 3.63) is 41.2 Å². The summed E-state index contributed by atoms with van der Waals surface area (Å²) in [5, 5.41) is 19.5. The first-order valence-electron chi connectivity index (χ1n) is 5.02. The molecular formula is C12H4Br4O4. The van der Waals surface area contributed by atoms with Crippen LogP contribution in [-0.2, 0) is 0 Å². The normalized spacial score (nSPS) is 10.8. The van der Waals surface area contributed by atoms with E-state index in [1.165, 1.54) is 12.1 Å². The molecule has 0 amide bonds. The summed E-state index contributed by atoms with van der Waals surface area (Å²) in [7, 11) is 0. The van der Waals surface area contributed by atoms with Gasteiger partial charge in [0.1, 0.15) is 0 Å². The van der Waals surface area contributed by atoms with Crippen LogP contribution < -0.4 is 0 Å². The fourth-order valence-electron chi connectivity index (χ4n) is 1.75. The van der Waals surface area contributed by atoms with Gasteiger partial charge in [0.2, 0.25) is 0 Å². The molecule has 2 N–H and O–H groups in total. The van der Waals surface area contributed by atoms with Crippen molar-refractivity contribution in [2.24, 2.45) is 0 Å². The second-order valence-electron chi connectivity index (χ2n) is 3.81. The molecule has 0 aromatic heterocycles. The van der Waals surface area contributed by atoms with Crippen LogP contribution in [0.5, 0.6) is 0 Å². The molecule has 20 heavy (non-hydrogen) atoms. The number of carboxylic acid groups (broad SMARTS) is 2. The molecule has 4 nitrogen and oxygen atoms in total. The van der Waals surface area contributed by atoms with Gasteiger partial charge in [-0.1, -0.05) is 0 Å². The van der Waals surface area contributed by atoms with Crippen LogP contribution in [0.4, 0.5) is 0 Å². The molecule has 2 aromatic carbocycles. The maximum atomic E-state index is 11.2. The molecule has 0 bridgehead atoms. The minimum Gasteiger partial charge on any atom is -0.478 e. The highest BCUT2D eigenvalue weighted by Gasteiger charge is 2.21. The van der Waals surface area contributed by atoms with Crippen molar-refractivity contribution in [1.82, 2.24) is 0 Å². The Bertz CT molecular complexity index is 706. The molecule has 0 aliphatic rings. The average molecular weight is 532 g/mol. The quantitative estimate of drug-likeness (QED) is 0.408. The van der Waals surface area contributed by atoms with Crippen LogP contribution in [0.3, 0.4) is 0 Å². The average Bonchev–Trinajstić information content (AvgIpc) is 2.41. The number of fused-ring (bicyclic) bond motifs is 1. The highest BCUT2D eigenvalue weighted by atomic mass is 79.9. The topological polar surface area (TPSA) is 74.6 Å². The van der Waals surface area contributed by atoms with Gasteiger partial charge in [0.15, 0.2) is 0 Å². The van der Waals surface area contributed by atoms with Gasteiger partial charge in [-0.15, -0.1) is 0 Å². The first-order valence-corrected chi connectivity index (χ1v) is 8.19. The Morgan fingerprint density at radius 3 is 1.25 bits per heavy atom. The number of hydrogen-bond donors (Lipinski definition) is 2. The molecule has 104 valence electrons. The zero-order valence-electron chi connectivity index (χ0n) is 9.38. The Kier molecular flexibility index (Phi) is 4.58. The van der Waals surface area contributed by atoms with Crippen LogP contribution in [0, 0.1) is 0 Å². The Hall–Kier alpha value is -0.440. The molecule has 0 aliphatic heterocycles. The van der Waals surface area contributed by atoms with Crippen LogP contribution in [-0.4, -0.2) is 22.2 Å². The predicted octanol–water partition coefficient (Wildman–Crippen LogP) is 5.29. The third-order valence-corrected chi connectivity index (χ3v) is 7.50. The summed E-state index contributed by atoms with van der Waals surface area (Å²) in [6.07, 6.45) is 0. The van der Waals surface area contributed by atoms with E-state index < -0.39 is 11.9 Å². The van der Waals surface area contributed by atoms with Crippen molar-refractivity contribution in [2.75, 3.05) is 0 Å². The number of aromatic carboxylic acids is 2. The van der Waals surface area contributed by atoms with Gasteiger partial charge in [0.05, 0.1) is 11.1 Å². The number of benzene rings is 2. The summed E-state index contributed by atoms with van der Waals surface area (Å²) < 4.78 is 2.69. The van der Waals surface area contributed by atoms with E-state index in [0.717, 1.165) is 0 Å². The SMILES string of the molecule is O=C(O)c1cc2c(Br)c(Br)c(Br)c(Br)c2cc1C(=O)O. The molecule has 0 fully saturated rings. The molecule has 0 spiro atoms. The molecular weight excluding hydrogens is 528 g/mol. The van der Waals surface area contributed by atoms with Crippen LogP contribution >= 0.6 is 63.7 Å². The second kappa shape index (κ2) is 5.75. The molecule has 0 radical (unpaired) electrons. The second-order valence-corrected chi connectivity index (χ2v) is 6.98. The highest BCUT2D eigenvalue weighted by Crippen LogP contribution is 2.44. The summed E-state index contributed by atoms with van der Waals surface area (Å²) >= 11 is 13.5. The molecule has 0 heterocycles. The molecule has 0 saturated carbocycles. The van der Waals surface area contributed by atoms with E-state index in [0.29, 0.717) is 28.7 Å². The van der Waals surface area contributed by atoms with Crippen molar-refractivity contribution in [3.8, 4) is 0 Å². The van der Waals surface area contributed by atoms with E-state index >= 15 is 0 Å². The summed E-state index contributed by atoms with van der Waals surface area (Å²) in [6, 6.07) is 2.68. The van der Waals surface area contributed by atoms with Gasteiger partial charge < -0.3 is 10.2 Å². The van der Waals surface area contributed by atoms with Gasteiger partial charge in [0.25, 0.3) is 0 Å². The fraction of sp³-hybridized carbons (Fsp3) is 0. The number of carbonyl (C=O) groups is 2. The van der Waals surface area contributed by atoms with Gasteiger partial charge in [-0.25, -0.2) is 9.59 Å². The number of hydrogen-bond acceptors (Lipinski definition) is 2. The Morgan fingerprint density at radius 1 is 0.700 bits per heavy atom. The fourth-order valence-corrected chi connectivity index (χ4v) is 4.15. The smallest absolute Gasteiger partial charge is 0.336 e. The van der Waals surface area contributed by atoms with Crippen molar-refractivity contribution in [1.29, 1.82) is 0 Å². The minimum atomic E-state index is -1.29. The molecule has 0 saturated heterocycles. The lowest BCUT2D eigenvalue weighted by atomic mass is 10.0. The van der Waals surface area contributed by atoms with E-state index in [4.69, 9.17) is 10.2 Å². The summed E-state index contributed by atoms with van der Waals surface area (Å²) in [5.74, 6) is -2.57. The summed E-state index contributed by atoms with van der Waals surface area (Å²) in [5.41, 5.74) is -0.515. The van der Waals surface area contributed by atoms with Crippen LogP contribution in [0.2, 0.25) is 0 Å². The molecule has 0 unspecified atom stereocenters. The van der Waals surface area contributed by atoms with E-state index in [1.807, 2.05) is 0 Å². The van der Waals surface area contributed by atoms with Crippen molar-refractivity contribution in [2.45, 2.75) is 0 Å². The molecule has 2 rings (SSSR count). The number of halogens is 4. The van der Waals surface area contributed by atoms with E-state index in [2.05, 4.69) is 63.7 Å². The van der Waals surface area contributed by atoms with E-state index in [9.17, 15) is 9.59 Å². The molecule has 0 aliphatic carbocycles. The first-order chi connectivity index (χ1) is 9.25. The molecule has 2 aromatic rings. The van der Waals surface area contributed by atoms with Crippen LogP contribution in [0.1, 0.15) is 20.7 Å². The zero-order chi connectivity index (χ0) is 15.2. The zero-order valence-corrected chi connectivity index (χ0v) is 15.7. The maximum absolute atomic E-state index is 11.2. The maximum Gasteiger partial charge on any atom is 0.336 e. The molecule has 0 atom stereocenters. The van der Waals surface area contributed by atoms with Gasteiger partial charge >= 0.3 is 11.9 Å². The third-order valence-electron chi connectivity index (χ3n) is 2.67. The lowest BCUT2D eigenvalue weighted by molar-refractivity contribution is 0.0652. The van der Waals surface area contributed by atoms with E-state index in [1.54, 1.807) is 0 Å². The number of rotatable bonds is 2. The third kappa shape index (κ3) is 2.54. The lowest BCUT2D eigenvalue weighted by Gasteiger charge is -2.12. The lowest BCUT2D eigenvalue weighted by Crippen LogP contribution is -2.08. The first kappa shape index (κ1) is 15.9. The Labute approximate surface area is 146 Å². The van der Waals surface area contributed by atoms with Gasteiger partial charge in [-0.2, -0.15) is 0 Å².